The van der Waals surface area contributed by atoms with Gasteiger partial charge in [-0.3, -0.25) is 4.99 Å². The number of fused-ring (bicyclic) bond motifs is 3. The largest absolute Gasteiger partial charge is 0.417 e. The van der Waals surface area contributed by atoms with Crippen LogP contribution in [0.4, 0.5) is 13.2 Å². The molecule has 8 heteroatoms. The lowest BCUT2D eigenvalue weighted by molar-refractivity contribution is -0.137. The number of allylic oxidation sites excluding steroid dienone is 2. The van der Waals surface area contributed by atoms with Crippen molar-refractivity contribution in [2.45, 2.75) is 32.9 Å². The highest BCUT2D eigenvalue weighted by Gasteiger charge is 2.35. The summed E-state index contributed by atoms with van der Waals surface area (Å²) >= 11 is 0. The number of aromatic nitrogens is 3. The number of halogens is 3. The minimum atomic E-state index is -4.64. The van der Waals surface area contributed by atoms with E-state index in [0.29, 0.717) is 41.0 Å². The Morgan fingerprint density at radius 1 is 0.763 bits per heavy atom. The highest BCUT2D eigenvalue weighted by atomic mass is 19.4. The quantitative estimate of drug-likeness (QED) is 0.103. The number of benzene rings is 6. The van der Waals surface area contributed by atoms with Crippen LogP contribution in [0, 0.1) is 18.3 Å². The molecule has 0 aliphatic carbocycles. The van der Waals surface area contributed by atoms with E-state index in [0.717, 1.165) is 67.0 Å². The predicted molar refractivity (Wildman–Crippen MR) is 233 cm³/mol. The molecule has 0 saturated carbocycles. The van der Waals surface area contributed by atoms with Gasteiger partial charge >= 0.3 is 6.18 Å². The van der Waals surface area contributed by atoms with Crippen LogP contribution in [0.15, 0.2) is 170 Å². The van der Waals surface area contributed by atoms with Crippen LogP contribution in [-0.2, 0) is 19.0 Å². The van der Waals surface area contributed by atoms with E-state index in [1.807, 2.05) is 72.2 Å². The Morgan fingerprint density at radius 3 is 2.24 bits per heavy atom. The van der Waals surface area contributed by atoms with Crippen molar-refractivity contribution in [3.63, 3.8) is 0 Å². The number of hydrogen-bond acceptors (Lipinski definition) is 4. The molecule has 8 rings (SSSR count). The second-order valence-electron chi connectivity index (χ2n) is 14.3. The number of aliphatic imine (C=N–C) groups is 1. The smallest absolute Gasteiger partial charge is 0.309 e. The molecule has 2 heterocycles. The van der Waals surface area contributed by atoms with E-state index < -0.39 is 11.7 Å². The van der Waals surface area contributed by atoms with E-state index in [1.165, 1.54) is 12.1 Å². The number of hydrogen-bond donors (Lipinski definition) is 0. The molecule has 59 heavy (non-hydrogen) atoms. The van der Waals surface area contributed by atoms with Gasteiger partial charge in [-0.05, 0) is 114 Å². The molecule has 0 spiro atoms. The molecule has 288 valence electrons. The van der Waals surface area contributed by atoms with Gasteiger partial charge in [0.05, 0.1) is 33.9 Å². The van der Waals surface area contributed by atoms with E-state index >= 15 is 13.2 Å². The number of nitriles is 1. The van der Waals surface area contributed by atoms with Crippen molar-refractivity contribution in [2.24, 2.45) is 4.99 Å². The third-order valence-electron chi connectivity index (χ3n) is 10.7. The third-order valence-corrected chi connectivity index (χ3v) is 10.7. The first-order valence-corrected chi connectivity index (χ1v) is 19.2. The highest BCUT2D eigenvalue weighted by Crippen LogP contribution is 2.44. The summed E-state index contributed by atoms with van der Waals surface area (Å²) in [4.78, 5) is 13.4. The Hall–Kier alpha value is -7.37. The number of aryl methyl sites for hydroxylation is 3. The number of alkyl halides is 3. The fourth-order valence-electron chi connectivity index (χ4n) is 7.95. The number of nitrogens with zero attached hydrogens (tertiary/aromatic N) is 5. The molecular weight excluding hydrogens is 740 g/mol. The summed E-state index contributed by atoms with van der Waals surface area (Å²) in [6, 6.07) is 41.4. The van der Waals surface area contributed by atoms with Gasteiger partial charge in [-0.2, -0.15) is 18.4 Å². The molecule has 0 aliphatic heterocycles. The molecule has 0 N–H and O–H groups in total. The van der Waals surface area contributed by atoms with Crippen LogP contribution < -0.4 is 0 Å². The zero-order valence-corrected chi connectivity index (χ0v) is 32.5. The van der Waals surface area contributed by atoms with Gasteiger partial charge in [0.25, 0.3) is 0 Å². The SMILES string of the molecule is C=C/C=C\N=C(C)c1ccc2c3ccccc3n(-c3cc(C#N)cc(CCc4ccccc4-c4ccc(-c5ncccn5)cc4C)c3-c3ccccc3C(F)(F)F)c2c1. The average Bonchev–Trinajstić information content (AvgIpc) is 3.59. The molecule has 0 unspecified atom stereocenters. The van der Waals surface area contributed by atoms with E-state index in [-0.39, 0.29) is 5.56 Å². The van der Waals surface area contributed by atoms with Gasteiger partial charge in [0.1, 0.15) is 0 Å². The van der Waals surface area contributed by atoms with Gasteiger partial charge in [0.2, 0.25) is 0 Å². The van der Waals surface area contributed by atoms with Crippen molar-refractivity contribution >= 4 is 27.5 Å². The molecule has 5 nitrogen and oxygen atoms in total. The monoisotopic (exact) mass is 777 g/mol. The Bertz CT molecular complexity index is 2980. The molecule has 0 radical (unpaired) electrons. The van der Waals surface area contributed by atoms with Gasteiger partial charge in [-0.25, -0.2) is 9.97 Å². The maximum atomic E-state index is 15.0. The van der Waals surface area contributed by atoms with Crippen molar-refractivity contribution in [2.75, 3.05) is 0 Å². The maximum absolute atomic E-state index is 15.0. The third kappa shape index (κ3) is 7.59. The molecule has 0 atom stereocenters. The van der Waals surface area contributed by atoms with Gasteiger partial charge < -0.3 is 4.57 Å². The standard InChI is InChI=1S/C51H38F3N5/c1-4-5-25-56-34(3)37-21-24-43-42-15-9-11-18-46(42)59(47(43)31-37)48-30-35(32-55)29-38(49(48)44-16-8-10-17-45(44)51(52,53)54)20-19-36-13-6-7-14-41(36)40-23-22-39(28-33(40)2)50-57-26-12-27-58-50/h4-18,21-31H,1,19-20H2,2-3H3/b25-5-,56-34?. The lowest BCUT2D eigenvalue weighted by atomic mass is 9.87. The van der Waals surface area contributed by atoms with Crippen LogP contribution in [0.5, 0.6) is 0 Å². The van der Waals surface area contributed by atoms with Crippen molar-refractivity contribution in [3.8, 4) is 45.4 Å². The Balaban J connectivity index is 1.33. The molecule has 0 amide bonds. The van der Waals surface area contributed by atoms with E-state index in [2.05, 4.69) is 58.8 Å². The van der Waals surface area contributed by atoms with Crippen LogP contribution >= 0.6 is 0 Å². The normalized spacial score (nSPS) is 12.0. The molecular formula is C51H38F3N5. The summed E-state index contributed by atoms with van der Waals surface area (Å²) in [5.74, 6) is 0.638. The lowest BCUT2D eigenvalue weighted by Crippen LogP contribution is -2.10. The van der Waals surface area contributed by atoms with Crippen molar-refractivity contribution in [1.29, 1.82) is 5.26 Å². The highest BCUT2D eigenvalue weighted by molar-refractivity contribution is 6.12. The number of rotatable bonds is 10. The second-order valence-corrected chi connectivity index (χ2v) is 14.3. The Morgan fingerprint density at radius 2 is 1.47 bits per heavy atom. The first-order valence-electron chi connectivity index (χ1n) is 19.2. The molecule has 0 saturated heterocycles. The van der Waals surface area contributed by atoms with Gasteiger partial charge in [0, 0.05) is 46.2 Å². The summed E-state index contributed by atoms with van der Waals surface area (Å²) in [6.07, 6.45) is 4.72. The predicted octanol–water partition coefficient (Wildman–Crippen LogP) is 13.1. The Labute approximate surface area is 340 Å². The molecule has 6 aromatic carbocycles. The number of para-hydroxylation sites is 1. The maximum Gasteiger partial charge on any atom is 0.417 e. The van der Waals surface area contributed by atoms with Gasteiger partial charge in [-0.1, -0.05) is 97.6 Å². The summed E-state index contributed by atoms with van der Waals surface area (Å²) < 4.78 is 47.1. The summed E-state index contributed by atoms with van der Waals surface area (Å²) in [5, 5.41) is 12.4. The first kappa shape index (κ1) is 38.5. The van der Waals surface area contributed by atoms with Crippen LogP contribution in [0.3, 0.4) is 0 Å². The molecule has 0 fully saturated rings. The zero-order chi connectivity index (χ0) is 41.1. The zero-order valence-electron chi connectivity index (χ0n) is 32.5. The fourth-order valence-corrected chi connectivity index (χ4v) is 7.95. The van der Waals surface area contributed by atoms with Crippen LogP contribution in [0.2, 0.25) is 0 Å². The van der Waals surface area contributed by atoms with E-state index in [9.17, 15) is 5.26 Å². The van der Waals surface area contributed by atoms with Crippen molar-refractivity contribution in [3.05, 3.63) is 198 Å². The summed E-state index contributed by atoms with van der Waals surface area (Å²) in [6.45, 7) is 7.68. The molecule has 0 bridgehead atoms. The lowest BCUT2D eigenvalue weighted by Gasteiger charge is -2.22. The van der Waals surface area contributed by atoms with Crippen molar-refractivity contribution in [1.82, 2.24) is 14.5 Å². The first-order chi connectivity index (χ1) is 28.7. The summed E-state index contributed by atoms with van der Waals surface area (Å²) in [5.41, 5.74) is 9.41. The Kier molecular flexibility index (Phi) is 10.6. The topological polar surface area (TPSA) is 66.9 Å². The minimum Gasteiger partial charge on any atom is -0.309 e. The minimum absolute atomic E-state index is 0.0479. The van der Waals surface area contributed by atoms with Gasteiger partial charge in [-0.15, -0.1) is 0 Å². The molecule has 0 aliphatic rings. The molecule has 2 aromatic heterocycles. The van der Waals surface area contributed by atoms with Crippen molar-refractivity contribution < 1.29 is 13.2 Å². The molecule has 8 aromatic rings. The summed E-state index contributed by atoms with van der Waals surface area (Å²) in [7, 11) is 0. The van der Waals surface area contributed by atoms with Gasteiger partial charge in [0.15, 0.2) is 5.82 Å². The van der Waals surface area contributed by atoms with Crippen LogP contribution in [-0.4, -0.2) is 20.2 Å². The fraction of sp³-hybridized carbons (Fsp3) is 0.0980. The van der Waals surface area contributed by atoms with Crippen LogP contribution in [0.25, 0.3) is 61.1 Å². The van der Waals surface area contributed by atoms with Crippen LogP contribution in [0.1, 0.15) is 40.3 Å². The average molecular weight is 778 g/mol. The van der Waals surface area contributed by atoms with E-state index in [4.69, 9.17) is 0 Å². The van der Waals surface area contributed by atoms with E-state index in [1.54, 1.807) is 55.0 Å². The second kappa shape index (κ2) is 16.2.